The summed E-state index contributed by atoms with van der Waals surface area (Å²) in [6.07, 6.45) is 2.38. The quantitative estimate of drug-likeness (QED) is 0.303. The maximum absolute atomic E-state index is 5.68. The van der Waals surface area contributed by atoms with Crippen LogP contribution >= 0.6 is 12.2 Å². The number of thiocarbonyl (C=S) groups is 1. The maximum Gasteiger partial charge on any atom is 0.170 e. The third-order valence-corrected chi connectivity index (χ3v) is 8.64. The van der Waals surface area contributed by atoms with Crippen LogP contribution in [-0.4, -0.2) is 59.7 Å². The third-order valence-electron chi connectivity index (χ3n) is 8.39. The van der Waals surface area contributed by atoms with Gasteiger partial charge in [-0.15, -0.1) is 0 Å². The lowest BCUT2D eigenvalue weighted by Gasteiger charge is -2.50. The maximum atomic E-state index is 5.68. The van der Waals surface area contributed by atoms with Crippen molar-refractivity contribution < 1.29 is 9.47 Å². The van der Waals surface area contributed by atoms with Crippen LogP contribution in [-0.2, 0) is 7.05 Å². The van der Waals surface area contributed by atoms with Gasteiger partial charge in [-0.05, 0) is 73.2 Å². The number of aryl methyl sites for hydroxylation is 1. The van der Waals surface area contributed by atoms with Crippen LogP contribution in [0.25, 0.3) is 22.0 Å². The molecule has 4 aromatic rings. The number of benzene rings is 3. The first-order valence-corrected chi connectivity index (χ1v) is 14.0. The minimum absolute atomic E-state index is 0.474. The van der Waals surface area contributed by atoms with Crippen molar-refractivity contribution >= 4 is 33.8 Å². The molecular weight excluding hydrogens is 506 g/mol. The van der Waals surface area contributed by atoms with Crippen LogP contribution in [0, 0.1) is 5.92 Å². The Bertz CT molecular complexity index is 1500. The van der Waals surface area contributed by atoms with Gasteiger partial charge < -0.3 is 20.1 Å². The standard InChI is InChI=1S/C31H35N5O2S/c1-35-28(17-27(34-35)22-11-12-29(37-2)30(16-22)38-3)25-19-36-14-13-21(25)15-23(36)18-32-31(39)33-26-10-6-8-20-7-4-5-9-24(20)26/h4-12,16-17,21,23,25H,13-15,18-19H2,1-3H3,(H2,32,33,39)/t21-,23+,25-/m0/s1. The summed E-state index contributed by atoms with van der Waals surface area (Å²) in [6, 6.07) is 23.4. The zero-order valence-corrected chi connectivity index (χ0v) is 23.5. The average molecular weight is 542 g/mol. The second kappa shape index (κ2) is 10.9. The summed E-state index contributed by atoms with van der Waals surface area (Å²) in [6.45, 7) is 3.03. The lowest BCUT2D eigenvalue weighted by atomic mass is 9.74. The Morgan fingerprint density at radius 1 is 1.03 bits per heavy atom. The fourth-order valence-corrected chi connectivity index (χ4v) is 6.56. The summed E-state index contributed by atoms with van der Waals surface area (Å²) in [7, 11) is 5.38. The van der Waals surface area contributed by atoms with E-state index < -0.39 is 0 Å². The second-order valence-electron chi connectivity index (χ2n) is 10.5. The first kappa shape index (κ1) is 25.6. The van der Waals surface area contributed by atoms with E-state index in [0.29, 0.717) is 28.7 Å². The Morgan fingerprint density at radius 2 is 1.85 bits per heavy atom. The number of piperidine rings is 3. The molecule has 0 saturated carbocycles. The number of rotatable bonds is 7. The fraction of sp³-hybridized carbons (Fsp3) is 0.355. The molecule has 4 heterocycles. The van der Waals surface area contributed by atoms with Gasteiger partial charge in [0.2, 0.25) is 0 Å². The minimum atomic E-state index is 0.474. The number of nitrogens with zero attached hydrogens (tertiary/aromatic N) is 3. The number of hydrogen-bond acceptors (Lipinski definition) is 5. The predicted molar refractivity (Wildman–Crippen MR) is 161 cm³/mol. The van der Waals surface area contributed by atoms with Crippen molar-refractivity contribution in [3.63, 3.8) is 0 Å². The zero-order chi connectivity index (χ0) is 26.9. The van der Waals surface area contributed by atoms with Crippen molar-refractivity contribution in [2.24, 2.45) is 13.0 Å². The highest BCUT2D eigenvalue weighted by atomic mass is 32.1. The lowest BCUT2D eigenvalue weighted by Crippen LogP contribution is -2.56. The van der Waals surface area contributed by atoms with E-state index in [1.807, 2.05) is 18.2 Å². The molecule has 3 aliphatic heterocycles. The van der Waals surface area contributed by atoms with Crippen LogP contribution in [0.4, 0.5) is 5.69 Å². The molecule has 0 radical (unpaired) electrons. The number of methoxy groups -OCH3 is 2. The van der Waals surface area contributed by atoms with E-state index in [1.165, 1.54) is 22.9 Å². The van der Waals surface area contributed by atoms with Crippen LogP contribution in [0.5, 0.6) is 11.5 Å². The zero-order valence-electron chi connectivity index (χ0n) is 22.7. The number of hydrogen-bond donors (Lipinski definition) is 2. The number of ether oxygens (including phenoxy) is 2. The molecule has 0 spiro atoms. The highest BCUT2D eigenvalue weighted by molar-refractivity contribution is 7.80. The molecule has 8 heteroatoms. The smallest absolute Gasteiger partial charge is 0.170 e. The van der Waals surface area contributed by atoms with Gasteiger partial charge in [0.15, 0.2) is 16.6 Å². The van der Waals surface area contributed by atoms with E-state index >= 15 is 0 Å². The minimum Gasteiger partial charge on any atom is -0.493 e. The van der Waals surface area contributed by atoms with Gasteiger partial charge in [-0.1, -0.05) is 36.4 Å². The third kappa shape index (κ3) is 5.06. The molecule has 1 unspecified atom stereocenters. The number of aromatic nitrogens is 2. The molecule has 3 fully saturated rings. The van der Waals surface area contributed by atoms with Gasteiger partial charge in [-0.2, -0.15) is 5.10 Å². The monoisotopic (exact) mass is 541 g/mol. The van der Waals surface area contributed by atoms with Gasteiger partial charge in [0.05, 0.1) is 19.9 Å². The largest absolute Gasteiger partial charge is 0.493 e. The van der Waals surface area contributed by atoms with E-state index in [-0.39, 0.29) is 0 Å². The fourth-order valence-electron chi connectivity index (χ4n) is 6.36. The molecule has 3 aromatic carbocycles. The summed E-state index contributed by atoms with van der Waals surface area (Å²) < 4.78 is 13.0. The number of nitrogens with one attached hydrogen (secondary N) is 2. The van der Waals surface area contributed by atoms with Gasteiger partial charge in [-0.3, -0.25) is 9.58 Å². The molecule has 3 aliphatic rings. The Morgan fingerprint density at radius 3 is 2.64 bits per heavy atom. The van der Waals surface area contributed by atoms with Crippen LogP contribution in [0.1, 0.15) is 24.5 Å². The highest BCUT2D eigenvalue weighted by Crippen LogP contribution is 2.42. The summed E-state index contributed by atoms with van der Waals surface area (Å²) in [5, 5.41) is 14.9. The normalized spacial score (nSPS) is 22.0. The molecule has 1 aromatic heterocycles. The molecule has 0 amide bonds. The Hall–Kier alpha value is -3.62. The van der Waals surface area contributed by atoms with Gasteiger partial charge in [0, 0.05) is 54.4 Å². The number of fused-ring (bicyclic) bond motifs is 4. The van der Waals surface area contributed by atoms with Crippen molar-refractivity contribution in [1.82, 2.24) is 20.0 Å². The van der Waals surface area contributed by atoms with Crippen molar-refractivity contribution in [1.29, 1.82) is 0 Å². The predicted octanol–water partition coefficient (Wildman–Crippen LogP) is 5.42. The van der Waals surface area contributed by atoms with Gasteiger partial charge in [0.1, 0.15) is 0 Å². The topological polar surface area (TPSA) is 63.6 Å². The van der Waals surface area contributed by atoms with Crippen LogP contribution < -0.4 is 20.1 Å². The summed E-state index contributed by atoms with van der Waals surface area (Å²) in [4.78, 5) is 2.63. The van der Waals surface area contributed by atoms with E-state index in [2.05, 4.69) is 75.8 Å². The Balaban J connectivity index is 1.10. The van der Waals surface area contributed by atoms with Gasteiger partial charge in [-0.25, -0.2) is 0 Å². The van der Waals surface area contributed by atoms with Gasteiger partial charge >= 0.3 is 0 Å². The van der Waals surface area contributed by atoms with Crippen molar-refractivity contribution in [2.75, 3.05) is 39.2 Å². The van der Waals surface area contributed by atoms with Gasteiger partial charge in [0.25, 0.3) is 0 Å². The second-order valence-corrected chi connectivity index (χ2v) is 11.0. The summed E-state index contributed by atoms with van der Waals surface area (Å²) in [5.74, 6) is 2.55. The molecular formula is C31H35N5O2S. The molecule has 4 atom stereocenters. The molecule has 7 nitrogen and oxygen atoms in total. The summed E-state index contributed by atoms with van der Waals surface area (Å²) >= 11 is 5.68. The van der Waals surface area contributed by atoms with Crippen LogP contribution in [0.15, 0.2) is 66.7 Å². The Labute approximate surface area is 235 Å². The number of anilines is 1. The molecule has 202 valence electrons. The van der Waals surface area contributed by atoms with Crippen molar-refractivity contribution in [2.45, 2.75) is 24.8 Å². The van der Waals surface area contributed by atoms with Crippen LogP contribution in [0.3, 0.4) is 0 Å². The lowest BCUT2D eigenvalue weighted by molar-refractivity contribution is 0.0303. The first-order valence-electron chi connectivity index (χ1n) is 13.6. The molecule has 3 saturated heterocycles. The highest BCUT2D eigenvalue weighted by Gasteiger charge is 2.41. The molecule has 7 rings (SSSR count). The van der Waals surface area contributed by atoms with E-state index in [9.17, 15) is 0 Å². The summed E-state index contributed by atoms with van der Waals surface area (Å²) in [5.41, 5.74) is 4.34. The molecule has 2 bridgehead atoms. The SMILES string of the molecule is COc1ccc(-c2cc([C@H]3CN4CC[C@H]3C[C@@H]4CNC(=S)Nc3cccc4ccccc34)n(C)n2)cc1OC. The average Bonchev–Trinajstić information content (AvgIpc) is 3.37. The molecule has 0 aliphatic carbocycles. The van der Waals surface area contributed by atoms with Crippen molar-refractivity contribution in [3.05, 3.63) is 72.4 Å². The van der Waals surface area contributed by atoms with E-state index in [0.717, 1.165) is 48.7 Å². The van der Waals surface area contributed by atoms with Crippen molar-refractivity contribution in [3.8, 4) is 22.8 Å². The molecule has 2 N–H and O–H groups in total. The molecule has 39 heavy (non-hydrogen) atoms. The first-order chi connectivity index (χ1) is 19.0. The van der Waals surface area contributed by atoms with Crippen LogP contribution in [0.2, 0.25) is 0 Å². The Kier molecular flexibility index (Phi) is 7.14. The van der Waals surface area contributed by atoms with E-state index in [1.54, 1.807) is 14.2 Å². The van der Waals surface area contributed by atoms with E-state index in [4.69, 9.17) is 26.8 Å².